The minimum Gasteiger partial charge on any atom is -0.468 e. The van der Waals surface area contributed by atoms with Crippen molar-refractivity contribution in [3.05, 3.63) is 47.4 Å². The zero-order chi connectivity index (χ0) is 17.1. The van der Waals surface area contributed by atoms with Crippen LogP contribution in [0.3, 0.4) is 0 Å². The number of amides is 1. The predicted molar refractivity (Wildman–Crippen MR) is 92.6 cm³/mol. The van der Waals surface area contributed by atoms with Gasteiger partial charge in [-0.2, -0.15) is 0 Å². The third-order valence-electron chi connectivity index (χ3n) is 5.20. The third kappa shape index (κ3) is 3.90. The van der Waals surface area contributed by atoms with E-state index < -0.39 is 0 Å². The number of carbonyl (C=O) groups is 1. The first-order valence-electron chi connectivity index (χ1n) is 9.14. The number of piperidine rings is 1. The summed E-state index contributed by atoms with van der Waals surface area (Å²) in [6, 6.07) is 3.91. The van der Waals surface area contributed by atoms with Crippen molar-refractivity contribution < 1.29 is 9.21 Å². The van der Waals surface area contributed by atoms with Gasteiger partial charge < -0.3 is 9.73 Å². The van der Waals surface area contributed by atoms with Gasteiger partial charge in [-0.25, -0.2) is 9.97 Å². The van der Waals surface area contributed by atoms with Crippen molar-refractivity contribution in [3.63, 3.8) is 0 Å². The first-order chi connectivity index (χ1) is 12.3. The lowest BCUT2D eigenvalue weighted by atomic mass is 9.96. The number of rotatable bonds is 5. The third-order valence-corrected chi connectivity index (χ3v) is 5.20. The van der Waals surface area contributed by atoms with E-state index in [1.54, 1.807) is 6.26 Å². The number of carbonyl (C=O) groups excluding carboxylic acids is 1. The van der Waals surface area contributed by atoms with Gasteiger partial charge in [0.1, 0.15) is 11.6 Å². The summed E-state index contributed by atoms with van der Waals surface area (Å²) in [7, 11) is 0. The van der Waals surface area contributed by atoms with Crippen molar-refractivity contribution in [2.24, 2.45) is 5.92 Å². The molecule has 0 unspecified atom stereocenters. The lowest BCUT2D eigenvalue weighted by molar-refractivity contribution is -0.126. The Morgan fingerprint density at radius 3 is 3.00 bits per heavy atom. The zero-order valence-corrected chi connectivity index (χ0v) is 14.4. The maximum atomic E-state index is 12.4. The van der Waals surface area contributed by atoms with Crippen molar-refractivity contribution in [1.82, 2.24) is 20.2 Å². The molecule has 1 aliphatic carbocycles. The number of fused-ring (bicyclic) bond motifs is 1. The Labute approximate surface area is 147 Å². The molecule has 25 heavy (non-hydrogen) atoms. The van der Waals surface area contributed by atoms with Gasteiger partial charge in [-0.3, -0.25) is 9.69 Å². The number of hydrogen-bond donors (Lipinski definition) is 1. The molecule has 1 saturated heterocycles. The summed E-state index contributed by atoms with van der Waals surface area (Å²) in [4.78, 5) is 23.7. The average Bonchev–Trinajstić information content (AvgIpc) is 3.31. The Bertz CT molecular complexity index is 721. The van der Waals surface area contributed by atoms with Gasteiger partial charge in [0.15, 0.2) is 0 Å². The molecule has 0 radical (unpaired) electrons. The molecule has 132 valence electrons. The van der Waals surface area contributed by atoms with Crippen LogP contribution in [0.2, 0.25) is 0 Å². The van der Waals surface area contributed by atoms with Crippen molar-refractivity contribution in [3.8, 4) is 0 Å². The molecule has 6 nitrogen and oxygen atoms in total. The smallest absolute Gasteiger partial charge is 0.223 e. The molecule has 1 fully saturated rings. The van der Waals surface area contributed by atoms with Crippen molar-refractivity contribution in [2.45, 2.75) is 45.2 Å². The summed E-state index contributed by atoms with van der Waals surface area (Å²) in [5.74, 6) is 1.92. The molecular weight excluding hydrogens is 316 g/mol. The Balaban J connectivity index is 1.24. The first kappa shape index (κ1) is 16.3. The number of nitrogens with one attached hydrogen (secondary N) is 1. The van der Waals surface area contributed by atoms with Gasteiger partial charge in [0.2, 0.25) is 5.91 Å². The molecular formula is C19H24N4O2. The minimum atomic E-state index is 0.0854. The predicted octanol–water partition coefficient (Wildman–Crippen LogP) is 2.09. The molecule has 2 aromatic rings. The zero-order valence-electron chi connectivity index (χ0n) is 14.4. The second-order valence-electron chi connectivity index (χ2n) is 6.96. The van der Waals surface area contributed by atoms with E-state index in [0.29, 0.717) is 6.54 Å². The summed E-state index contributed by atoms with van der Waals surface area (Å²) < 4.78 is 5.39. The van der Waals surface area contributed by atoms with Crippen LogP contribution in [0.5, 0.6) is 0 Å². The van der Waals surface area contributed by atoms with Gasteiger partial charge in [-0.05, 0) is 62.9 Å². The molecule has 4 rings (SSSR count). The minimum absolute atomic E-state index is 0.0854. The highest BCUT2D eigenvalue weighted by Gasteiger charge is 2.25. The molecule has 3 heterocycles. The fourth-order valence-electron chi connectivity index (χ4n) is 3.73. The second kappa shape index (κ2) is 7.35. The SMILES string of the molecule is O=C(NCc1ncc2c(n1)CCC2)C1CCN(Cc2ccco2)CC1. The van der Waals surface area contributed by atoms with Gasteiger partial charge >= 0.3 is 0 Å². The molecule has 2 aromatic heterocycles. The number of aromatic nitrogens is 2. The molecule has 1 N–H and O–H groups in total. The van der Waals surface area contributed by atoms with E-state index in [0.717, 1.165) is 69.0 Å². The van der Waals surface area contributed by atoms with Crippen molar-refractivity contribution in [1.29, 1.82) is 0 Å². The molecule has 1 amide bonds. The highest BCUT2D eigenvalue weighted by Crippen LogP contribution is 2.20. The lowest BCUT2D eigenvalue weighted by Crippen LogP contribution is -2.40. The summed E-state index contributed by atoms with van der Waals surface area (Å²) in [6.07, 6.45) is 8.68. The van der Waals surface area contributed by atoms with Crippen LogP contribution in [0.4, 0.5) is 0 Å². The van der Waals surface area contributed by atoms with E-state index in [9.17, 15) is 4.79 Å². The summed E-state index contributed by atoms with van der Waals surface area (Å²) >= 11 is 0. The number of nitrogens with zero attached hydrogens (tertiary/aromatic N) is 3. The van der Waals surface area contributed by atoms with Crippen LogP contribution in [-0.2, 0) is 30.7 Å². The van der Waals surface area contributed by atoms with Crippen molar-refractivity contribution >= 4 is 5.91 Å². The van der Waals surface area contributed by atoms with E-state index in [1.165, 1.54) is 5.56 Å². The van der Waals surface area contributed by atoms with E-state index in [4.69, 9.17) is 4.42 Å². The standard InChI is InChI=1S/C19H24N4O2/c24-19(21-12-18-20-11-15-3-1-5-17(15)22-18)14-6-8-23(9-7-14)13-16-4-2-10-25-16/h2,4,10-11,14H,1,3,5-9,12-13H2,(H,21,24). The molecule has 0 atom stereocenters. The molecule has 6 heteroatoms. The lowest BCUT2D eigenvalue weighted by Gasteiger charge is -2.30. The molecule has 0 bridgehead atoms. The van der Waals surface area contributed by atoms with Crippen LogP contribution >= 0.6 is 0 Å². The highest BCUT2D eigenvalue weighted by atomic mass is 16.3. The molecule has 0 saturated carbocycles. The maximum absolute atomic E-state index is 12.4. The Morgan fingerprint density at radius 2 is 2.20 bits per heavy atom. The van der Waals surface area contributed by atoms with Crippen LogP contribution in [0, 0.1) is 5.92 Å². The van der Waals surface area contributed by atoms with Gasteiger partial charge in [0.25, 0.3) is 0 Å². The maximum Gasteiger partial charge on any atom is 0.223 e. The van der Waals surface area contributed by atoms with E-state index in [2.05, 4.69) is 20.2 Å². The average molecular weight is 340 g/mol. The van der Waals surface area contributed by atoms with Crippen LogP contribution in [-0.4, -0.2) is 33.9 Å². The number of furan rings is 1. The molecule has 2 aliphatic rings. The topological polar surface area (TPSA) is 71.3 Å². The number of hydrogen-bond acceptors (Lipinski definition) is 5. The second-order valence-corrected chi connectivity index (χ2v) is 6.96. The van der Waals surface area contributed by atoms with Gasteiger partial charge in [-0.1, -0.05) is 0 Å². The van der Waals surface area contributed by atoms with Gasteiger partial charge in [-0.15, -0.1) is 0 Å². The van der Waals surface area contributed by atoms with Crippen LogP contribution < -0.4 is 5.32 Å². The Hall–Kier alpha value is -2.21. The quantitative estimate of drug-likeness (QED) is 0.902. The Morgan fingerprint density at radius 1 is 1.32 bits per heavy atom. The van der Waals surface area contributed by atoms with E-state index in [1.807, 2.05) is 18.3 Å². The highest BCUT2D eigenvalue weighted by molar-refractivity contribution is 5.78. The fourth-order valence-corrected chi connectivity index (χ4v) is 3.73. The van der Waals surface area contributed by atoms with Crippen molar-refractivity contribution in [2.75, 3.05) is 13.1 Å². The summed E-state index contributed by atoms with van der Waals surface area (Å²) in [5, 5.41) is 3.02. The first-order valence-corrected chi connectivity index (χ1v) is 9.14. The van der Waals surface area contributed by atoms with E-state index >= 15 is 0 Å². The monoisotopic (exact) mass is 340 g/mol. The Kier molecular flexibility index (Phi) is 4.78. The molecule has 0 aromatic carbocycles. The fraction of sp³-hybridized carbons (Fsp3) is 0.526. The number of aryl methyl sites for hydroxylation is 2. The number of likely N-dealkylation sites (tertiary alicyclic amines) is 1. The summed E-state index contributed by atoms with van der Waals surface area (Å²) in [5.41, 5.74) is 2.42. The van der Waals surface area contributed by atoms with Gasteiger partial charge in [0, 0.05) is 17.8 Å². The van der Waals surface area contributed by atoms with Gasteiger partial charge in [0.05, 0.1) is 19.4 Å². The van der Waals surface area contributed by atoms with E-state index in [-0.39, 0.29) is 11.8 Å². The largest absolute Gasteiger partial charge is 0.468 e. The summed E-state index contributed by atoms with van der Waals surface area (Å²) in [6.45, 7) is 3.10. The molecule has 1 aliphatic heterocycles. The van der Waals surface area contributed by atoms with Crippen LogP contribution in [0.1, 0.15) is 42.1 Å². The van der Waals surface area contributed by atoms with Crippen LogP contribution in [0.25, 0.3) is 0 Å². The molecule has 0 spiro atoms. The normalized spacial score (nSPS) is 18.2. The van der Waals surface area contributed by atoms with Crippen LogP contribution in [0.15, 0.2) is 29.0 Å².